The minimum atomic E-state index is -1.69. The van der Waals surface area contributed by atoms with Gasteiger partial charge in [-0.15, -0.1) is 0 Å². The van der Waals surface area contributed by atoms with E-state index in [1.54, 1.807) is 6.92 Å². The smallest absolute Gasteiger partial charge is 0.530 e. The molecule has 13 heavy (non-hydrogen) atoms. The average Bonchev–Trinajstić information content (AvgIpc) is 1.84. The molecule has 0 heterocycles. The summed E-state index contributed by atoms with van der Waals surface area (Å²) in [4.78, 5) is 20.3. The molecule has 7 heteroatoms. The molecular formula is C6H10NNaO5. The van der Waals surface area contributed by atoms with E-state index < -0.39 is 18.3 Å². The second-order valence-corrected chi connectivity index (χ2v) is 2.08. The molecule has 0 aromatic heterocycles. The molecule has 6 nitrogen and oxygen atoms in total. The largest absolute Gasteiger partial charge is 1.00 e. The Kier molecular flexibility index (Phi) is 9.70. The molecule has 0 aliphatic rings. The van der Waals surface area contributed by atoms with Gasteiger partial charge >= 0.3 is 35.7 Å². The molecule has 0 radical (unpaired) electrons. The fourth-order valence-electron chi connectivity index (χ4n) is 0.564. The third-order valence-corrected chi connectivity index (χ3v) is 0.914. The molecule has 1 atom stereocenters. The van der Waals surface area contributed by atoms with E-state index in [2.05, 4.69) is 9.47 Å². The molecule has 2 amide bonds. The molecule has 0 aromatic rings. The van der Waals surface area contributed by atoms with Gasteiger partial charge in [0.25, 0.3) is 0 Å². The van der Waals surface area contributed by atoms with Crippen LogP contribution < -0.4 is 40.0 Å². The van der Waals surface area contributed by atoms with Crippen LogP contribution in [-0.2, 0) is 9.47 Å². The number of rotatable bonds is 3. The van der Waals surface area contributed by atoms with Crippen molar-refractivity contribution in [3.8, 4) is 0 Å². The summed E-state index contributed by atoms with van der Waals surface area (Å²) in [5.41, 5.74) is 0. The van der Waals surface area contributed by atoms with Gasteiger partial charge in [-0.1, -0.05) is 0 Å². The van der Waals surface area contributed by atoms with Gasteiger partial charge in [-0.05, 0) is 6.92 Å². The molecule has 0 aromatic carbocycles. The van der Waals surface area contributed by atoms with Crippen LogP contribution in [0.4, 0.5) is 9.59 Å². The predicted molar refractivity (Wildman–Crippen MR) is 36.4 cm³/mol. The van der Waals surface area contributed by atoms with Crippen molar-refractivity contribution in [3.05, 3.63) is 0 Å². The van der Waals surface area contributed by atoms with E-state index in [0.29, 0.717) is 0 Å². The summed E-state index contributed by atoms with van der Waals surface area (Å²) in [6.07, 6.45) is -3.24. The maximum atomic E-state index is 10.5. The molecule has 0 saturated heterocycles. The van der Waals surface area contributed by atoms with Crippen LogP contribution in [0.5, 0.6) is 0 Å². The zero-order valence-electron chi connectivity index (χ0n) is 7.83. The minimum Gasteiger partial charge on any atom is -0.530 e. The Balaban J connectivity index is 0. The van der Waals surface area contributed by atoms with Gasteiger partial charge in [-0.3, -0.25) is 5.32 Å². The SMILES string of the molecule is COCC(C)OC(=O)NC(=O)[O-].[Na+]. The van der Waals surface area contributed by atoms with Crippen molar-refractivity contribution in [2.45, 2.75) is 13.0 Å². The van der Waals surface area contributed by atoms with E-state index in [9.17, 15) is 14.7 Å². The van der Waals surface area contributed by atoms with Crippen molar-refractivity contribution < 1.29 is 53.7 Å². The number of carbonyl (C=O) groups excluding carboxylic acids is 2. The molecule has 0 rings (SSSR count). The van der Waals surface area contributed by atoms with Gasteiger partial charge in [-0.2, -0.15) is 0 Å². The second kappa shape index (κ2) is 8.31. The van der Waals surface area contributed by atoms with Crippen molar-refractivity contribution in [1.82, 2.24) is 5.32 Å². The molecule has 0 saturated carbocycles. The summed E-state index contributed by atoms with van der Waals surface area (Å²) in [5.74, 6) is 0. The van der Waals surface area contributed by atoms with Gasteiger partial charge in [0.1, 0.15) is 12.2 Å². The second-order valence-electron chi connectivity index (χ2n) is 2.08. The van der Waals surface area contributed by atoms with E-state index in [1.165, 1.54) is 12.4 Å². The van der Waals surface area contributed by atoms with Crippen molar-refractivity contribution in [3.63, 3.8) is 0 Å². The molecule has 0 bridgehead atoms. The van der Waals surface area contributed by atoms with Crippen LogP contribution in [0.25, 0.3) is 0 Å². The van der Waals surface area contributed by atoms with Gasteiger partial charge in [0.05, 0.1) is 6.61 Å². The van der Waals surface area contributed by atoms with Gasteiger partial charge < -0.3 is 19.4 Å². The molecule has 0 fully saturated rings. The number of nitrogens with one attached hydrogen (secondary N) is 1. The fourth-order valence-corrected chi connectivity index (χ4v) is 0.564. The van der Waals surface area contributed by atoms with E-state index >= 15 is 0 Å². The van der Waals surface area contributed by atoms with E-state index in [-0.39, 0.29) is 36.2 Å². The third kappa shape index (κ3) is 9.62. The van der Waals surface area contributed by atoms with Gasteiger partial charge in [0, 0.05) is 7.11 Å². The molecule has 0 spiro atoms. The summed E-state index contributed by atoms with van der Waals surface area (Å²) in [6.45, 7) is 1.78. The topological polar surface area (TPSA) is 87.7 Å². The van der Waals surface area contributed by atoms with Crippen molar-refractivity contribution in [2.75, 3.05) is 13.7 Å². The first kappa shape index (κ1) is 15.2. The number of hydrogen-bond donors (Lipinski definition) is 1. The fraction of sp³-hybridized carbons (Fsp3) is 0.667. The van der Waals surface area contributed by atoms with Crippen LogP contribution in [0.3, 0.4) is 0 Å². The Labute approximate surface area is 97.9 Å². The van der Waals surface area contributed by atoms with E-state index in [4.69, 9.17) is 0 Å². The average molecular weight is 199 g/mol. The number of methoxy groups -OCH3 is 1. The number of imide groups is 1. The number of alkyl carbamates (subject to hydrolysis) is 1. The van der Waals surface area contributed by atoms with Gasteiger partial charge in [0.2, 0.25) is 0 Å². The number of carbonyl (C=O) groups is 2. The Bertz CT molecular complexity index is 174. The van der Waals surface area contributed by atoms with Crippen molar-refractivity contribution in [1.29, 1.82) is 0 Å². The zero-order chi connectivity index (χ0) is 9.56. The normalized spacial score (nSPS) is 10.9. The van der Waals surface area contributed by atoms with Crippen molar-refractivity contribution >= 4 is 12.2 Å². The minimum absolute atomic E-state index is 0. The monoisotopic (exact) mass is 199 g/mol. The number of ether oxygens (including phenoxy) is 2. The van der Waals surface area contributed by atoms with Crippen LogP contribution in [0.1, 0.15) is 6.92 Å². The summed E-state index contributed by atoms with van der Waals surface area (Å²) in [5, 5.41) is 11.2. The number of carboxylic acid groups (broad SMARTS) is 1. The molecular weight excluding hydrogens is 189 g/mol. The molecule has 0 aliphatic carbocycles. The maximum absolute atomic E-state index is 10.5. The molecule has 1 unspecified atom stereocenters. The number of amides is 2. The summed E-state index contributed by atoms with van der Waals surface area (Å²) >= 11 is 0. The quantitative estimate of drug-likeness (QED) is 0.469. The summed E-state index contributed by atoms with van der Waals surface area (Å²) < 4.78 is 9.15. The molecule has 70 valence electrons. The van der Waals surface area contributed by atoms with Crippen LogP contribution in [0, 0.1) is 0 Å². The van der Waals surface area contributed by atoms with Gasteiger partial charge in [0.15, 0.2) is 0 Å². The van der Waals surface area contributed by atoms with E-state index in [0.717, 1.165) is 0 Å². The van der Waals surface area contributed by atoms with Crippen LogP contribution in [0.15, 0.2) is 0 Å². The Hall–Kier alpha value is -0.300. The number of hydrogen-bond acceptors (Lipinski definition) is 5. The maximum Gasteiger partial charge on any atom is 1.00 e. The zero-order valence-corrected chi connectivity index (χ0v) is 9.83. The Morgan fingerprint density at radius 3 is 2.46 bits per heavy atom. The first-order valence-electron chi connectivity index (χ1n) is 3.23. The molecule has 1 N–H and O–H groups in total. The Morgan fingerprint density at radius 2 is 2.08 bits per heavy atom. The first-order chi connectivity index (χ1) is 5.56. The standard InChI is InChI=1S/C6H11NO5.Na/c1-4(3-11-2)12-6(10)7-5(8)9;/h4H,3H2,1-2H3,(H,7,10)(H,8,9);/q;+1/p-1. The van der Waals surface area contributed by atoms with Crippen LogP contribution >= 0.6 is 0 Å². The van der Waals surface area contributed by atoms with Crippen LogP contribution in [-0.4, -0.2) is 32.0 Å². The summed E-state index contributed by atoms with van der Waals surface area (Å²) in [7, 11) is 1.44. The van der Waals surface area contributed by atoms with Gasteiger partial charge in [-0.25, -0.2) is 4.79 Å². The molecule has 0 aliphatic heterocycles. The van der Waals surface area contributed by atoms with Crippen molar-refractivity contribution in [2.24, 2.45) is 0 Å². The Morgan fingerprint density at radius 1 is 1.54 bits per heavy atom. The van der Waals surface area contributed by atoms with Crippen LogP contribution in [0.2, 0.25) is 0 Å². The summed E-state index contributed by atoms with van der Waals surface area (Å²) in [6, 6.07) is 0. The van der Waals surface area contributed by atoms with E-state index in [1.807, 2.05) is 0 Å². The first-order valence-corrected chi connectivity index (χ1v) is 3.23. The third-order valence-electron chi connectivity index (χ3n) is 0.914. The predicted octanol–water partition coefficient (Wildman–Crippen LogP) is -3.91.